The first-order valence-corrected chi connectivity index (χ1v) is 8.45. The minimum atomic E-state index is -1.31. The van der Waals surface area contributed by atoms with Crippen LogP contribution < -0.4 is 15.0 Å². The maximum Gasteiger partial charge on any atom is 0.342 e. The third-order valence-corrected chi connectivity index (χ3v) is 3.51. The molecule has 138 valence electrons. The van der Waals surface area contributed by atoms with Crippen LogP contribution in [0.1, 0.15) is 48.4 Å². The number of carbonyl (C=O) groups is 1. The Morgan fingerprint density at radius 1 is 1.23 bits per heavy atom. The number of benzene rings is 1. The van der Waals surface area contributed by atoms with Gasteiger partial charge in [0.1, 0.15) is 11.4 Å². The van der Waals surface area contributed by atoms with Crippen LogP contribution in [-0.4, -0.2) is 34.3 Å². The molecule has 26 heavy (non-hydrogen) atoms. The molecule has 7 nitrogen and oxygen atoms in total. The van der Waals surface area contributed by atoms with E-state index in [1.165, 1.54) is 0 Å². The second kappa shape index (κ2) is 9.41. The topological polar surface area (TPSA) is 102 Å². The third-order valence-electron chi connectivity index (χ3n) is 3.51. The van der Waals surface area contributed by atoms with Crippen molar-refractivity contribution in [2.75, 3.05) is 13.2 Å². The standard InChI is InChI=1S/C19H22N2O5/c1-3-5-10-26-15-8-6-13(11-16(15)25-4-2)7-9-17-20-12-14(19(23)24)18(22)21-17/h6-9,11-12H,3-5,10H2,1-2H3,(H,23,24)(H,20,21,22). The van der Waals surface area contributed by atoms with Gasteiger partial charge >= 0.3 is 5.97 Å². The van der Waals surface area contributed by atoms with Crippen LogP contribution in [0.4, 0.5) is 0 Å². The van der Waals surface area contributed by atoms with E-state index < -0.39 is 17.1 Å². The quantitative estimate of drug-likeness (QED) is 0.668. The van der Waals surface area contributed by atoms with Crippen molar-refractivity contribution >= 4 is 18.1 Å². The maximum absolute atomic E-state index is 11.7. The number of nitrogens with zero attached hydrogens (tertiary/aromatic N) is 1. The Kier molecular flexibility index (Phi) is 6.96. The van der Waals surface area contributed by atoms with Gasteiger partial charge in [0, 0.05) is 6.20 Å². The molecule has 0 saturated heterocycles. The Morgan fingerprint density at radius 3 is 2.69 bits per heavy atom. The fourth-order valence-corrected chi connectivity index (χ4v) is 2.16. The summed E-state index contributed by atoms with van der Waals surface area (Å²) in [5.74, 6) is 0.291. The van der Waals surface area contributed by atoms with Gasteiger partial charge in [0.25, 0.3) is 5.56 Å². The van der Waals surface area contributed by atoms with E-state index in [9.17, 15) is 9.59 Å². The Morgan fingerprint density at radius 2 is 2.04 bits per heavy atom. The fourth-order valence-electron chi connectivity index (χ4n) is 2.16. The van der Waals surface area contributed by atoms with Crippen molar-refractivity contribution in [1.29, 1.82) is 0 Å². The van der Waals surface area contributed by atoms with E-state index in [0.717, 1.165) is 24.6 Å². The predicted molar refractivity (Wildman–Crippen MR) is 98.8 cm³/mol. The Bertz CT molecular complexity index is 842. The number of unbranched alkanes of at least 4 members (excludes halogenated alkanes) is 1. The van der Waals surface area contributed by atoms with E-state index in [1.807, 2.05) is 25.1 Å². The van der Waals surface area contributed by atoms with E-state index in [0.29, 0.717) is 24.7 Å². The summed E-state index contributed by atoms with van der Waals surface area (Å²) >= 11 is 0. The molecule has 0 fully saturated rings. The van der Waals surface area contributed by atoms with Gasteiger partial charge in [-0.05, 0) is 37.1 Å². The van der Waals surface area contributed by atoms with Gasteiger partial charge in [-0.3, -0.25) is 4.79 Å². The van der Waals surface area contributed by atoms with Crippen LogP contribution in [0.2, 0.25) is 0 Å². The number of hydrogen-bond acceptors (Lipinski definition) is 5. The summed E-state index contributed by atoms with van der Waals surface area (Å²) in [4.78, 5) is 28.8. The van der Waals surface area contributed by atoms with Crippen molar-refractivity contribution in [3.05, 3.63) is 51.7 Å². The van der Waals surface area contributed by atoms with Gasteiger partial charge in [0.2, 0.25) is 0 Å². The zero-order chi connectivity index (χ0) is 18.9. The van der Waals surface area contributed by atoms with Crippen LogP contribution in [0.25, 0.3) is 12.2 Å². The smallest absolute Gasteiger partial charge is 0.342 e. The molecule has 0 radical (unpaired) electrons. The van der Waals surface area contributed by atoms with Gasteiger partial charge < -0.3 is 19.6 Å². The first-order chi connectivity index (χ1) is 12.5. The van der Waals surface area contributed by atoms with Crippen molar-refractivity contribution in [2.24, 2.45) is 0 Å². The van der Waals surface area contributed by atoms with Crippen LogP contribution in [0.5, 0.6) is 11.5 Å². The minimum absolute atomic E-state index is 0.265. The number of H-pyrrole nitrogens is 1. The summed E-state index contributed by atoms with van der Waals surface area (Å²) < 4.78 is 11.4. The normalized spacial score (nSPS) is 10.8. The summed E-state index contributed by atoms with van der Waals surface area (Å²) in [5, 5.41) is 8.85. The number of hydrogen-bond donors (Lipinski definition) is 2. The molecule has 1 aromatic heterocycles. The number of carboxylic acids is 1. The van der Waals surface area contributed by atoms with E-state index in [2.05, 4.69) is 16.9 Å². The highest BCUT2D eigenvalue weighted by Gasteiger charge is 2.09. The van der Waals surface area contributed by atoms with Crippen molar-refractivity contribution in [3.63, 3.8) is 0 Å². The lowest BCUT2D eigenvalue weighted by Crippen LogP contribution is -2.18. The number of nitrogens with one attached hydrogen (secondary N) is 1. The SMILES string of the molecule is CCCCOc1ccc(C=Cc2ncc(C(=O)O)c(=O)[nH]2)cc1OCC. The van der Waals surface area contributed by atoms with Crippen LogP contribution in [0, 0.1) is 0 Å². The first-order valence-electron chi connectivity index (χ1n) is 8.45. The highest BCUT2D eigenvalue weighted by molar-refractivity contribution is 5.86. The lowest BCUT2D eigenvalue weighted by Gasteiger charge is -2.12. The number of rotatable bonds is 9. The third kappa shape index (κ3) is 5.20. The van der Waals surface area contributed by atoms with Crippen LogP contribution in [-0.2, 0) is 0 Å². The summed E-state index contributed by atoms with van der Waals surface area (Å²) in [6.07, 6.45) is 6.40. The second-order valence-electron chi connectivity index (χ2n) is 5.49. The molecule has 0 atom stereocenters. The van der Waals surface area contributed by atoms with E-state index >= 15 is 0 Å². The Labute approximate surface area is 151 Å². The van der Waals surface area contributed by atoms with Crippen molar-refractivity contribution < 1.29 is 19.4 Å². The van der Waals surface area contributed by atoms with Gasteiger partial charge in [0.15, 0.2) is 11.5 Å². The van der Waals surface area contributed by atoms with Gasteiger partial charge in [-0.2, -0.15) is 0 Å². The highest BCUT2D eigenvalue weighted by Crippen LogP contribution is 2.29. The predicted octanol–water partition coefficient (Wildman–Crippen LogP) is 3.22. The molecule has 0 amide bonds. The Balaban J connectivity index is 2.19. The van der Waals surface area contributed by atoms with Crippen LogP contribution in [0.3, 0.4) is 0 Å². The molecule has 0 spiro atoms. The van der Waals surface area contributed by atoms with Crippen molar-refractivity contribution in [2.45, 2.75) is 26.7 Å². The van der Waals surface area contributed by atoms with Gasteiger partial charge in [-0.15, -0.1) is 0 Å². The highest BCUT2D eigenvalue weighted by atomic mass is 16.5. The minimum Gasteiger partial charge on any atom is -0.490 e. The molecule has 0 saturated carbocycles. The first kappa shape index (κ1) is 19.2. The van der Waals surface area contributed by atoms with Crippen LogP contribution in [0.15, 0.2) is 29.2 Å². The molecular weight excluding hydrogens is 336 g/mol. The van der Waals surface area contributed by atoms with Crippen LogP contribution >= 0.6 is 0 Å². The Hall–Kier alpha value is -3.09. The van der Waals surface area contributed by atoms with Crippen molar-refractivity contribution in [3.8, 4) is 11.5 Å². The van der Waals surface area contributed by atoms with Gasteiger partial charge in [0.05, 0.1) is 13.2 Å². The molecule has 0 aliphatic rings. The zero-order valence-corrected chi connectivity index (χ0v) is 14.8. The van der Waals surface area contributed by atoms with Crippen molar-refractivity contribution in [1.82, 2.24) is 9.97 Å². The summed E-state index contributed by atoms with van der Waals surface area (Å²) in [6, 6.07) is 5.54. The monoisotopic (exact) mass is 358 g/mol. The summed E-state index contributed by atoms with van der Waals surface area (Å²) in [5.41, 5.74) is -0.252. The summed E-state index contributed by atoms with van der Waals surface area (Å²) in [7, 11) is 0. The molecule has 7 heteroatoms. The lowest BCUT2D eigenvalue weighted by molar-refractivity contribution is 0.0694. The summed E-state index contributed by atoms with van der Waals surface area (Å²) in [6.45, 7) is 5.15. The largest absolute Gasteiger partial charge is 0.490 e. The molecule has 1 heterocycles. The maximum atomic E-state index is 11.7. The molecule has 0 aliphatic heterocycles. The molecule has 1 aromatic carbocycles. The van der Waals surface area contributed by atoms with Gasteiger partial charge in [-0.25, -0.2) is 9.78 Å². The molecule has 0 unspecified atom stereocenters. The van der Waals surface area contributed by atoms with E-state index in [-0.39, 0.29) is 5.82 Å². The number of carboxylic acid groups (broad SMARTS) is 1. The molecule has 0 bridgehead atoms. The number of aromatic nitrogens is 2. The fraction of sp³-hybridized carbons (Fsp3) is 0.316. The molecule has 0 aliphatic carbocycles. The molecule has 2 aromatic rings. The van der Waals surface area contributed by atoms with Gasteiger partial charge in [-0.1, -0.05) is 25.5 Å². The average molecular weight is 358 g/mol. The number of aromatic amines is 1. The average Bonchev–Trinajstić information content (AvgIpc) is 2.61. The van der Waals surface area contributed by atoms with E-state index in [4.69, 9.17) is 14.6 Å². The number of aromatic carboxylic acids is 1. The molecular formula is C19H22N2O5. The second-order valence-corrected chi connectivity index (χ2v) is 5.49. The number of ether oxygens (including phenoxy) is 2. The molecule has 2 rings (SSSR count). The lowest BCUT2D eigenvalue weighted by atomic mass is 10.2. The van der Waals surface area contributed by atoms with E-state index in [1.54, 1.807) is 12.2 Å². The molecule has 2 N–H and O–H groups in total. The zero-order valence-electron chi connectivity index (χ0n) is 14.8.